The van der Waals surface area contributed by atoms with E-state index in [1.165, 1.54) is 17.7 Å². The summed E-state index contributed by atoms with van der Waals surface area (Å²) in [7, 11) is 0. The van der Waals surface area contributed by atoms with Crippen molar-refractivity contribution < 1.29 is 9.18 Å². The Balaban J connectivity index is 1.68. The molecule has 0 spiro atoms. The Morgan fingerprint density at radius 3 is 2.72 bits per heavy atom. The SMILES string of the molecule is Cc1ccc(-n2nnnc2CNC(=O)Nc2ccccc2F)cc1C. The van der Waals surface area contributed by atoms with Crippen molar-refractivity contribution in [3.63, 3.8) is 0 Å². The number of nitrogens with one attached hydrogen (secondary N) is 2. The molecule has 128 valence electrons. The van der Waals surface area contributed by atoms with Gasteiger partial charge in [0.1, 0.15) is 5.82 Å². The van der Waals surface area contributed by atoms with Crippen LogP contribution < -0.4 is 10.6 Å². The summed E-state index contributed by atoms with van der Waals surface area (Å²) in [6.07, 6.45) is 0. The summed E-state index contributed by atoms with van der Waals surface area (Å²) in [5.74, 6) is -0.0375. The molecule has 0 atom stereocenters. The second-order valence-electron chi connectivity index (χ2n) is 5.56. The maximum atomic E-state index is 13.5. The molecule has 1 aromatic heterocycles. The molecule has 7 nitrogen and oxygen atoms in total. The van der Waals surface area contributed by atoms with Crippen LogP contribution in [0, 0.1) is 19.7 Å². The lowest BCUT2D eigenvalue weighted by Crippen LogP contribution is -2.29. The van der Waals surface area contributed by atoms with E-state index in [1.54, 1.807) is 16.8 Å². The zero-order chi connectivity index (χ0) is 17.8. The Bertz CT molecular complexity index is 908. The van der Waals surface area contributed by atoms with E-state index in [0.717, 1.165) is 11.3 Å². The van der Waals surface area contributed by atoms with Gasteiger partial charge in [-0.3, -0.25) is 0 Å². The minimum absolute atomic E-state index is 0.0974. The lowest BCUT2D eigenvalue weighted by Gasteiger charge is -2.09. The zero-order valence-corrected chi connectivity index (χ0v) is 13.8. The van der Waals surface area contributed by atoms with Crippen LogP contribution in [0.2, 0.25) is 0 Å². The van der Waals surface area contributed by atoms with Crippen LogP contribution >= 0.6 is 0 Å². The van der Waals surface area contributed by atoms with Crippen molar-refractivity contribution in [1.82, 2.24) is 25.5 Å². The summed E-state index contributed by atoms with van der Waals surface area (Å²) >= 11 is 0. The highest BCUT2D eigenvalue weighted by Gasteiger charge is 2.11. The first-order chi connectivity index (χ1) is 12.0. The number of benzene rings is 2. The third-order valence-electron chi connectivity index (χ3n) is 3.80. The molecule has 0 bridgehead atoms. The van der Waals surface area contributed by atoms with Crippen LogP contribution in [0.3, 0.4) is 0 Å². The highest BCUT2D eigenvalue weighted by Crippen LogP contribution is 2.14. The summed E-state index contributed by atoms with van der Waals surface area (Å²) < 4.78 is 15.1. The van der Waals surface area contributed by atoms with Crippen LogP contribution in [-0.4, -0.2) is 26.2 Å². The van der Waals surface area contributed by atoms with Gasteiger partial charge in [0.2, 0.25) is 0 Å². The van der Waals surface area contributed by atoms with Gasteiger partial charge in [-0.2, -0.15) is 4.68 Å². The lowest BCUT2D eigenvalue weighted by molar-refractivity contribution is 0.251. The third kappa shape index (κ3) is 3.79. The predicted molar refractivity (Wildman–Crippen MR) is 90.9 cm³/mol. The van der Waals surface area contributed by atoms with Gasteiger partial charge < -0.3 is 10.6 Å². The number of carbonyl (C=O) groups is 1. The number of urea groups is 1. The molecule has 2 N–H and O–H groups in total. The van der Waals surface area contributed by atoms with E-state index < -0.39 is 11.8 Å². The number of aromatic nitrogens is 4. The fourth-order valence-corrected chi connectivity index (χ4v) is 2.26. The highest BCUT2D eigenvalue weighted by atomic mass is 19.1. The molecule has 3 aromatic rings. The minimum atomic E-state index is -0.542. The van der Waals surface area contributed by atoms with Crippen molar-refractivity contribution >= 4 is 11.7 Å². The number of para-hydroxylation sites is 1. The number of halogens is 1. The summed E-state index contributed by atoms with van der Waals surface area (Å²) in [6.45, 7) is 4.12. The van der Waals surface area contributed by atoms with Crippen molar-refractivity contribution in [3.05, 3.63) is 65.2 Å². The monoisotopic (exact) mass is 340 g/mol. The number of hydrogen-bond acceptors (Lipinski definition) is 4. The standard InChI is InChI=1S/C17H17FN6O/c1-11-7-8-13(9-12(11)2)24-16(21-22-23-24)10-19-17(25)20-15-6-4-3-5-14(15)18/h3-9H,10H2,1-2H3,(H2,19,20,25). The van der Waals surface area contributed by atoms with Gasteiger partial charge in [-0.05, 0) is 59.7 Å². The first kappa shape index (κ1) is 16.6. The number of tetrazole rings is 1. The molecule has 0 unspecified atom stereocenters. The van der Waals surface area contributed by atoms with E-state index in [2.05, 4.69) is 26.2 Å². The number of rotatable bonds is 4. The fraction of sp³-hybridized carbons (Fsp3) is 0.176. The molecule has 0 saturated heterocycles. The van der Waals surface area contributed by atoms with Crippen LogP contribution in [0.4, 0.5) is 14.9 Å². The molecule has 0 aliphatic carbocycles. The second-order valence-corrected chi connectivity index (χ2v) is 5.56. The van der Waals surface area contributed by atoms with Crippen LogP contribution in [0.5, 0.6) is 0 Å². The molecule has 2 amide bonds. The minimum Gasteiger partial charge on any atom is -0.330 e. The van der Waals surface area contributed by atoms with E-state index in [9.17, 15) is 9.18 Å². The summed E-state index contributed by atoms with van der Waals surface area (Å²) in [5.41, 5.74) is 3.19. The first-order valence-electron chi connectivity index (χ1n) is 7.69. The van der Waals surface area contributed by atoms with Gasteiger partial charge in [0, 0.05) is 0 Å². The number of anilines is 1. The number of hydrogen-bond donors (Lipinski definition) is 2. The molecule has 3 rings (SSSR count). The molecule has 1 heterocycles. The molecule has 8 heteroatoms. The van der Waals surface area contributed by atoms with E-state index in [1.807, 2.05) is 32.0 Å². The van der Waals surface area contributed by atoms with Gasteiger partial charge in [-0.1, -0.05) is 18.2 Å². The van der Waals surface area contributed by atoms with Crippen LogP contribution in [0.25, 0.3) is 5.69 Å². The molecule has 0 saturated carbocycles. The molecule has 2 aromatic carbocycles. The van der Waals surface area contributed by atoms with Gasteiger partial charge in [0.15, 0.2) is 5.82 Å². The first-order valence-corrected chi connectivity index (χ1v) is 7.69. The molecule has 0 aliphatic heterocycles. The Labute approximate surface area is 143 Å². The Hall–Kier alpha value is -3.29. The van der Waals surface area contributed by atoms with Gasteiger partial charge in [-0.15, -0.1) is 5.10 Å². The van der Waals surface area contributed by atoms with Gasteiger partial charge in [0.25, 0.3) is 0 Å². The molecule has 0 aliphatic rings. The summed E-state index contributed by atoms with van der Waals surface area (Å²) in [4.78, 5) is 11.9. The number of amides is 2. The largest absolute Gasteiger partial charge is 0.330 e. The topological polar surface area (TPSA) is 84.7 Å². The maximum Gasteiger partial charge on any atom is 0.319 e. The zero-order valence-electron chi connectivity index (χ0n) is 13.8. The average Bonchev–Trinajstić information content (AvgIpc) is 3.06. The predicted octanol–water partition coefficient (Wildman–Crippen LogP) is 2.74. The van der Waals surface area contributed by atoms with E-state index in [4.69, 9.17) is 0 Å². The average molecular weight is 340 g/mol. The molecule has 0 fully saturated rings. The Morgan fingerprint density at radius 1 is 1.16 bits per heavy atom. The van der Waals surface area contributed by atoms with Gasteiger partial charge in [0.05, 0.1) is 17.9 Å². The second kappa shape index (κ2) is 7.08. The van der Waals surface area contributed by atoms with E-state index >= 15 is 0 Å². The molecule has 0 radical (unpaired) electrons. The van der Waals surface area contributed by atoms with Crippen LogP contribution in [-0.2, 0) is 6.54 Å². The van der Waals surface area contributed by atoms with E-state index in [-0.39, 0.29) is 12.2 Å². The van der Waals surface area contributed by atoms with Gasteiger partial charge >= 0.3 is 6.03 Å². The van der Waals surface area contributed by atoms with Crippen LogP contribution in [0.1, 0.15) is 17.0 Å². The highest BCUT2D eigenvalue weighted by molar-refractivity contribution is 5.89. The molecular weight excluding hydrogens is 323 g/mol. The van der Waals surface area contributed by atoms with Crippen molar-refractivity contribution in [1.29, 1.82) is 0 Å². The molecular formula is C17H17FN6O. The summed E-state index contributed by atoms with van der Waals surface area (Å²) in [6, 6.07) is 11.3. The Morgan fingerprint density at radius 2 is 1.96 bits per heavy atom. The van der Waals surface area contributed by atoms with Crippen LogP contribution in [0.15, 0.2) is 42.5 Å². The quantitative estimate of drug-likeness (QED) is 0.765. The van der Waals surface area contributed by atoms with Crippen molar-refractivity contribution in [3.8, 4) is 5.69 Å². The van der Waals surface area contributed by atoms with Crippen molar-refractivity contribution in [2.45, 2.75) is 20.4 Å². The van der Waals surface area contributed by atoms with Crippen molar-refractivity contribution in [2.75, 3.05) is 5.32 Å². The number of carbonyl (C=O) groups excluding carboxylic acids is 1. The molecule has 25 heavy (non-hydrogen) atoms. The smallest absolute Gasteiger partial charge is 0.319 e. The third-order valence-corrected chi connectivity index (χ3v) is 3.80. The lowest BCUT2D eigenvalue weighted by atomic mass is 10.1. The Kier molecular flexibility index (Phi) is 4.69. The number of nitrogens with zero attached hydrogens (tertiary/aromatic N) is 4. The summed E-state index contributed by atoms with van der Waals surface area (Å²) in [5, 5.41) is 16.6. The van der Waals surface area contributed by atoms with Gasteiger partial charge in [-0.25, -0.2) is 9.18 Å². The van der Waals surface area contributed by atoms with E-state index in [0.29, 0.717) is 5.82 Å². The fourth-order valence-electron chi connectivity index (χ4n) is 2.26. The number of aryl methyl sites for hydroxylation is 2. The normalized spacial score (nSPS) is 10.5. The van der Waals surface area contributed by atoms with Crippen molar-refractivity contribution in [2.24, 2.45) is 0 Å². The maximum absolute atomic E-state index is 13.5.